The van der Waals surface area contributed by atoms with Crippen molar-refractivity contribution in [1.82, 2.24) is 4.98 Å². The SMILES string of the molecule is COc1ccccc1CN(C)c1nc2ccccc2o1. The summed E-state index contributed by atoms with van der Waals surface area (Å²) in [5, 5.41) is 0. The Bertz CT molecular complexity index is 688. The van der Waals surface area contributed by atoms with Crippen molar-refractivity contribution >= 4 is 17.1 Å². The largest absolute Gasteiger partial charge is 0.496 e. The van der Waals surface area contributed by atoms with Gasteiger partial charge in [-0.15, -0.1) is 0 Å². The molecule has 0 fully saturated rings. The zero-order valence-electron chi connectivity index (χ0n) is 11.5. The molecule has 0 atom stereocenters. The first-order valence-corrected chi connectivity index (χ1v) is 6.46. The molecule has 0 aliphatic heterocycles. The average Bonchev–Trinajstić information content (AvgIpc) is 2.92. The highest BCUT2D eigenvalue weighted by Crippen LogP contribution is 2.24. The van der Waals surface area contributed by atoms with Gasteiger partial charge in [0.05, 0.1) is 13.7 Å². The predicted molar refractivity (Wildman–Crippen MR) is 79.1 cm³/mol. The molecule has 2 aromatic carbocycles. The fraction of sp³-hybridized carbons (Fsp3) is 0.188. The van der Waals surface area contributed by atoms with Crippen LogP contribution in [0, 0.1) is 0 Å². The molecule has 3 aromatic rings. The standard InChI is InChI=1S/C16H16N2O2/c1-18(11-12-7-3-5-9-14(12)19-2)16-17-13-8-4-6-10-15(13)20-16/h3-10H,11H2,1-2H3. The number of hydrogen-bond donors (Lipinski definition) is 0. The highest BCUT2D eigenvalue weighted by Gasteiger charge is 2.12. The molecule has 4 heteroatoms. The molecule has 102 valence electrons. The summed E-state index contributed by atoms with van der Waals surface area (Å²) in [5.41, 5.74) is 2.77. The molecule has 0 N–H and O–H groups in total. The summed E-state index contributed by atoms with van der Waals surface area (Å²) < 4.78 is 11.1. The van der Waals surface area contributed by atoms with E-state index in [-0.39, 0.29) is 0 Å². The van der Waals surface area contributed by atoms with Gasteiger partial charge in [-0.05, 0) is 18.2 Å². The van der Waals surface area contributed by atoms with Crippen molar-refractivity contribution in [3.63, 3.8) is 0 Å². The van der Waals surface area contributed by atoms with Crippen LogP contribution >= 0.6 is 0 Å². The van der Waals surface area contributed by atoms with E-state index in [2.05, 4.69) is 4.98 Å². The molecule has 20 heavy (non-hydrogen) atoms. The smallest absolute Gasteiger partial charge is 0.298 e. The third-order valence-corrected chi connectivity index (χ3v) is 3.21. The molecule has 0 aliphatic rings. The number of aromatic nitrogens is 1. The summed E-state index contributed by atoms with van der Waals surface area (Å²) >= 11 is 0. The second kappa shape index (κ2) is 5.25. The summed E-state index contributed by atoms with van der Waals surface area (Å²) in [4.78, 5) is 6.45. The molecule has 0 bridgehead atoms. The van der Waals surface area contributed by atoms with Crippen LogP contribution in [0.5, 0.6) is 5.75 Å². The topological polar surface area (TPSA) is 38.5 Å². The number of hydrogen-bond acceptors (Lipinski definition) is 4. The molecule has 3 rings (SSSR count). The maximum Gasteiger partial charge on any atom is 0.298 e. The fourth-order valence-corrected chi connectivity index (χ4v) is 2.18. The van der Waals surface area contributed by atoms with E-state index >= 15 is 0 Å². The monoisotopic (exact) mass is 268 g/mol. The third kappa shape index (κ3) is 2.32. The van der Waals surface area contributed by atoms with Gasteiger partial charge in [0.2, 0.25) is 0 Å². The summed E-state index contributed by atoms with van der Waals surface area (Å²) in [7, 11) is 3.63. The number of para-hydroxylation sites is 3. The Labute approximate surface area is 117 Å². The van der Waals surface area contributed by atoms with Crippen molar-refractivity contribution < 1.29 is 9.15 Å². The molecule has 1 aromatic heterocycles. The van der Waals surface area contributed by atoms with E-state index in [1.165, 1.54) is 0 Å². The third-order valence-electron chi connectivity index (χ3n) is 3.21. The fourth-order valence-electron chi connectivity index (χ4n) is 2.18. The van der Waals surface area contributed by atoms with Gasteiger partial charge >= 0.3 is 0 Å². The van der Waals surface area contributed by atoms with Gasteiger partial charge in [-0.3, -0.25) is 0 Å². The molecule has 0 saturated carbocycles. The highest BCUT2D eigenvalue weighted by molar-refractivity contribution is 5.74. The minimum absolute atomic E-state index is 0.608. The predicted octanol–water partition coefficient (Wildman–Crippen LogP) is 3.47. The van der Waals surface area contributed by atoms with Crippen molar-refractivity contribution in [3.8, 4) is 5.75 Å². The Morgan fingerprint density at radius 1 is 1.10 bits per heavy atom. The average molecular weight is 268 g/mol. The minimum atomic E-state index is 0.608. The van der Waals surface area contributed by atoms with E-state index in [1.807, 2.05) is 60.5 Å². The molecule has 1 heterocycles. The van der Waals surface area contributed by atoms with Gasteiger partial charge in [-0.25, -0.2) is 0 Å². The first kappa shape index (κ1) is 12.5. The normalized spacial score (nSPS) is 10.7. The van der Waals surface area contributed by atoms with Crippen LogP contribution in [0.25, 0.3) is 11.1 Å². The van der Waals surface area contributed by atoms with Gasteiger partial charge < -0.3 is 14.1 Å². The molecule has 0 aliphatic carbocycles. The Kier molecular flexibility index (Phi) is 3.29. The molecule has 0 radical (unpaired) electrons. The van der Waals surface area contributed by atoms with Gasteiger partial charge in [0.15, 0.2) is 5.58 Å². The number of rotatable bonds is 4. The molecule has 4 nitrogen and oxygen atoms in total. The molecular formula is C16H16N2O2. The first-order chi connectivity index (χ1) is 9.78. The van der Waals surface area contributed by atoms with Crippen LogP contribution in [0.2, 0.25) is 0 Å². The zero-order valence-corrected chi connectivity index (χ0v) is 11.5. The number of oxazole rings is 1. The lowest BCUT2D eigenvalue weighted by atomic mass is 10.2. The van der Waals surface area contributed by atoms with Gasteiger partial charge in [-0.2, -0.15) is 4.98 Å². The van der Waals surface area contributed by atoms with Crippen LogP contribution < -0.4 is 9.64 Å². The van der Waals surface area contributed by atoms with E-state index in [0.29, 0.717) is 12.6 Å². The number of nitrogens with zero attached hydrogens (tertiary/aromatic N) is 2. The van der Waals surface area contributed by atoms with Gasteiger partial charge in [0.1, 0.15) is 11.3 Å². The number of fused-ring (bicyclic) bond motifs is 1. The van der Waals surface area contributed by atoms with Crippen molar-refractivity contribution in [2.75, 3.05) is 19.1 Å². The zero-order chi connectivity index (χ0) is 13.9. The molecule has 0 saturated heterocycles. The van der Waals surface area contributed by atoms with E-state index in [1.54, 1.807) is 7.11 Å². The van der Waals surface area contributed by atoms with Gasteiger partial charge in [0, 0.05) is 12.6 Å². The molecular weight excluding hydrogens is 252 g/mol. The lowest BCUT2D eigenvalue weighted by molar-refractivity contribution is 0.409. The van der Waals surface area contributed by atoms with E-state index in [9.17, 15) is 0 Å². The van der Waals surface area contributed by atoms with Crippen molar-refractivity contribution in [3.05, 3.63) is 54.1 Å². The van der Waals surface area contributed by atoms with Crippen molar-refractivity contribution in [2.24, 2.45) is 0 Å². The maximum atomic E-state index is 5.75. The van der Waals surface area contributed by atoms with E-state index in [4.69, 9.17) is 9.15 Å². The molecule has 0 unspecified atom stereocenters. The van der Waals surface area contributed by atoms with Gasteiger partial charge in [0.25, 0.3) is 6.01 Å². The Balaban J connectivity index is 1.87. The summed E-state index contributed by atoms with van der Waals surface area (Å²) in [6.45, 7) is 0.677. The van der Waals surface area contributed by atoms with Gasteiger partial charge in [-0.1, -0.05) is 30.3 Å². The lowest BCUT2D eigenvalue weighted by Crippen LogP contribution is -2.17. The number of methoxy groups -OCH3 is 1. The van der Waals surface area contributed by atoms with Crippen molar-refractivity contribution in [2.45, 2.75) is 6.54 Å². The maximum absolute atomic E-state index is 5.75. The Morgan fingerprint density at radius 2 is 1.85 bits per heavy atom. The molecule has 0 amide bonds. The van der Waals surface area contributed by atoms with Crippen LogP contribution in [-0.2, 0) is 6.54 Å². The minimum Gasteiger partial charge on any atom is -0.496 e. The quantitative estimate of drug-likeness (QED) is 0.726. The summed E-state index contributed by atoms with van der Waals surface area (Å²) in [6.07, 6.45) is 0. The van der Waals surface area contributed by atoms with Crippen molar-refractivity contribution in [1.29, 1.82) is 0 Å². The molecule has 0 spiro atoms. The first-order valence-electron chi connectivity index (χ1n) is 6.46. The Hall–Kier alpha value is -2.49. The van der Waals surface area contributed by atoms with Crippen LogP contribution in [0.15, 0.2) is 52.9 Å². The Morgan fingerprint density at radius 3 is 2.65 bits per heavy atom. The number of ether oxygens (including phenoxy) is 1. The van der Waals surface area contributed by atoms with E-state index < -0.39 is 0 Å². The van der Waals surface area contributed by atoms with Crippen LogP contribution in [0.4, 0.5) is 6.01 Å². The van der Waals surface area contributed by atoms with Crippen LogP contribution in [0.3, 0.4) is 0 Å². The number of benzene rings is 2. The summed E-state index contributed by atoms with van der Waals surface area (Å²) in [5.74, 6) is 0.871. The van der Waals surface area contributed by atoms with Crippen LogP contribution in [-0.4, -0.2) is 19.1 Å². The lowest BCUT2D eigenvalue weighted by Gasteiger charge is -2.16. The van der Waals surface area contributed by atoms with Crippen LogP contribution in [0.1, 0.15) is 5.56 Å². The second-order valence-corrected chi connectivity index (χ2v) is 4.63. The van der Waals surface area contributed by atoms with E-state index in [0.717, 1.165) is 22.4 Å². The number of anilines is 1. The second-order valence-electron chi connectivity index (χ2n) is 4.63. The summed E-state index contributed by atoms with van der Waals surface area (Å²) in [6, 6.07) is 16.3. The highest BCUT2D eigenvalue weighted by atomic mass is 16.5.